The number of hydrogen-bond acceptors (Lipinski definition) is 8. The number of nitro benzene ring substituents is 3. The lowest BCUT2D eigenvalue weighted by atomic mass is 10.0. The van der Waals surface area contributed by atoms with Crippen molar-refractivity contribution < 1.29 is 19.9 Å². The molecule has 0 aliphatic heterocycles. The number of hydrogen-bond donors (Lipinski definition) is 1. The van der Waals surface area contributed by atoms with Crippen LogP contribution in [0.15, 0.2) is 42.6 Å². The smallest absolute Gasteiger partial charge is 0.324 e. The largest absolute Gasteiger partial charge is 0.497 e. The Hall–Kier alpha value is -4.15. The maximum atomic E-state index is 10.4. The van der Waals surface area contributed by atoms with Gasteiger partial charge in [0.25, 0.3) is 11.4 Å². The Morgan fingerprint density at radius 3 is 2.00 bits per heavy atom. The maximum absolute atomic E-state index is 10.4. The molecular weight excluding hydrogens is 384 g/mol. The second-order valence-electron chi connectivity index (χ2n) is 5.89. The Kier molecular flexibility index (Phi) is 6.34. The molecule has 0 atom stereocenters. The molecule has 1 N–H and O–H groups in total. The molecule has 150 valence electrons. The molecule has 0 aliphatic rings. The third kappa shape index (κ3) is 4.58. The van der Waals surface area contributed by atoms with Gasteiger partial charge >= 0.3 is 11.4 Å². The number of phenolic OH excluding ortho intramolecular Hbond substituents is 1. The van der Waals surface area contributed by atoms with E-state index in [1.165, 1.54) is 16.5 Å². The number of para-hydroxylation sites is 1. The number of nitrogens with zero attached hydrogens (tertiary/aromatic N) is 4. The summed E-state index contributed by atoms with van der Waals surface area (Å²) in [7, 11) is 0. The number of non-ortho nitro benzene ring substituents is 1. The summed E-state index contributed by atoms with van der Waals surface area (Å²) >= 11 is 0. The molecule has 0 unspecified atom stereocenters. The Labute approximate surface area is 163 Å². The first-order valence-electron chi connectivity index (χ1n) is 8.30. The van der Waals surface area contributed by atoms with Crippen molar-refractivity contribution in [1.82, 2.24) is 4.98 Å². The number of pyridine rings is 1. The summed E-state index contributed by atoms with van der Waals surface area (Å²) < 4.78 is 0. The van der Waals surface area contributed by atoms with Crippen LogP contribution < -0.4 is 0 Å². The van der Waals surface area contributed by atoms with Gasteiger partial charge < -0.3 is 5.11 Å². The summed E-state index contributed by atoms with van der Waals surface area (Å²) in [6.07, 6.45) is 3.04. The van der Waals surface area contributed by atoms with Crippen LogP contribution >= 0.6 is 0 Å². The molecule has 0 saturated carbocycles. The lowest BCUT2D eigenvalue weighted by molar-refractivity contribution is -0.404. The predicted molar refractivity (Wildman–Crippen MR) is 104 cm³/mol. The third-order valence-electron chi connectivity index (χ3n) is 4.11. The van der Waals surface area contributed by atoms with Crippen molar-refractivity contribution in [2.24, 2.45) is 0 Å². The van der Waals surface area contributed by atoms with E-state index in [1.807, 2.05) is 12.3 Å². The highest BCUT2D eigenvalue weighted by Crippen LogP contribution is 2.38. The lowest BCUT2D eigenvalue weighted by Crippen LogP contribution is -1.97. The highest BCUT2D eigenvalue weighted by Gasteiger charge is 2.30. The molecule has 0 spiro atoms. The molecule has 0 saturated heterocycles. The van der Waals surface area contributed by atoms with Gasteiger partial charge in [0.15, 0.2) is 0 Å². The zero-order valence-electron chi connectivity index (χ0n) is 15.4. The molecule has 11 nitrogen and oxygen atoms in total. The van der Waals surface area contributed by atoms with Crippen LogP contribution in [0, 0.1) is 37.3 Å². The van der Waals surface area contributed by atoms with Gasteiger partial charge in [-0.1, -0.05) is 25.1 Å². The quantitative estimate of drug-likeness (QED) is 0.502. The van der Waals surface area contributed by atoms with E-state index in [0.717, 1.165) is 11.9 Å². The van der Waals surface area contributed by atoms with Crippen LogP contribution in [-0.2, 0) is 6.42 Å². The zero-order valence-corrected chi connectivity index (χ0v) is 15.4. The van der Waals surface area contributed by atoms with E-state index in [9.17, 15) is 30.3 Å². The number of nitro groups is 3. The standard InChI is InChI=1S/C12H13N.C6H3N3O7/c1-3-10-9(2)8-13-12-7-5-4-6-11(10)12;10-6-4(8(13)14)1-3(7(11)12)2-5(6)9(15)16/h4-8H,3H2,1-2H3;1-2,10H. The first-order chi connectivity index (χ1) is 13.7. The Morgan fingerprint density at radius 2 is 1.52 bits per heavy atom. The van der Waals surface area contributed by atoms with Gasteiger partial charge in [-0.05, 0) is 30.5 Å². The minimum Gasteiger partial charge on any atom is -0.497 e. The molecule has 1 aromatic heterocycles. The SMILES string of the molecule is CCc1c(C)cnc2ccccc12.O=[N+]([O-])c1cc([N+](=O)[O-])c(O)c([N+](=O)[O-])c1. The Morgan fingerprint density at radius 1 is 0.966 bits per heavy atom. The van der Waals surface area contributed by atoms with Crippen molar-refractivity contribution in [3.05, 3.63) is 84.1 Å². The maximum Gasteiger partial charge on any atom is 0.324 e. The highest BCUT2D eigenvalue weighted by molar-refractivity contribution is 5.82. The van der Waals surface area contributed by atoms with Gasteiger partial charge in [0, 0.05) is 11.6 Å². The molecule has 0 bridgehead atoms. The van der Waals surface area contributed by atoms with Crippen molar-refractivity contribution in [2.45, 2.75) is 20.3 Å². The minimum atomic E-state index is -1.21. The van der Waals surface area contributed by atoms with E-state index in [4.69, 9.17) is 5.11 Å². The van der Waals surface area contributed by atoms with Gasteiger partial charge in [0.2, 0.25) is 0 Å². The van der Waals surface area contributed by atoms with Crippen molar-refractivity contribution in [3.63, 3.8) is 0 Å². The summed E-state index contributed by atoms with van der Waals surface area (Å²) in [6, 6.07) is 9.21. The number of rotatable bonds is 4. The van der Waals surface area contributed by atoms with E-state index < -0.39 is 37.6 Å². The zero-order chi connectivity index (χ0) is 21.7. The molecule has 29 heavy (non-hydrogen) atoms. The summed E-state index contributed by atoms with van der Waals surface area (Å²) in [5.41, 5.74) is 0.815. The number of benzene rings is 2. The number of aromatic hydroxyl groups is 1. The molecule has 3 aromatic rings. The normalized spacial score (nSPS) is 10.1. The van der Waals surface area contributed by atoms with E-state index in [0.29, 0.717) is 12.1 Å². The van der Waals surface area contributed by atoms with Crippen LogP contribution in [0.25, 0.3) is 10.9 Å². The Balaban J connectivity index is 0.000000211. The molecule has 11 heteroatoms. The number of aromatic nitrogens is 1. The first-order valence-corrected chi connectivity index (χ1v) is 8.30. The van der Waals surface area contributed by atoms with Crippen molar-refractivity contribution in [1.29, 1.82) is 0 Å². The number of aryl methyl sites for hydroxylation is 2. The molecule has 0 radical (unpaired) electrons. The summed E-state index contributed by atoms with van der Waals surface area (Å²) in [4.78, 5) is 32.2. The molecule has 3 rings (SSSR count). The summed E-state index contributed by atoms with van der Waals surface area (Å²) in [5, 5.41) is 41.5. The first kappa shape index (κ1) is 21.2. The van der Waals surface area contributed by atoms with Crippen LogP contribution in [0.2, 0.25) is 0 Å². The van der Waals surface area contributed by atoms with Crippen LogP contribution in [0.5, 0.6) is 5.75 Å². The third-order valence-corrected chi connectivity index (χ3v) is 4.11. The monoisotopic (exact) mass is 400 g/mol. The van der Waals surface area contributed by atoms with Crippen molar-refractivity contribution >= 4 is 28.0 Å². The van der Waals surface area contributed by atoms with Gasteiger partial charge in [0.05, 0.1) is 32.4 Å². The molecular formula is C18H16N4O7. The van der Waals surface area contributed by atoms with E-state index in [1.54, 1.807) is 0 Å². The van der Waals surface area contributed by atoms with Gasteiger partial charge in [-0.3, -0.25) is 35.3 Å². The molecule has 1 heterocycles. The van der Waals surface area contributed by atoms with Gasteiger partial charge in [0.1, 0.15) is 0 Å². The fourth-order valence-corrected chi connectivity index (χ4v) is 2.74. The van der Waals surface area contributed by atoms with Crippen LogP contribution in [0.3, 0.4) is 0 Å². The highest BCUT2D eigenvalue weighted by atomic mass is 16.6. The van der Waals surface area contributed by atoms with Crippen molar-refractivity contribution in [3.8, 4) is 5.75 Å². The number of phenols is 1. The number of fused-ring (bicyclic) bond motifs is 1. The fourth-order valence-electron chi connectivity index (χ4n) is 2.74. The van der Waals surface area contributed by atoms with Crippen LogP contribution in [0.4, 0.5) is 17.1 Å². The van der Waals surface area contributed by atoms with E-state index >= 15 is 0 Å². The van der Waals surface area contributed by atoms with Crippen LogP contribution in [-0.4, -0.2) is 24.9 Å². The van der Waals surface area contributed by atoms with Gasteiger partial charge in [-0.15, -0.1) is 0 Å². The predicted octanol–water partition coefficient (Wildman–Crippen LogP) is 4.22. The van der Waals surface area contributed by atoms with Crippen molar-refractivity contribution in [2.75, 3.05) is 0 Å². The molecule has 0 amide bonds. The van der Waals surface area contributed by atoms with Gasteiger partial charge in [-0.25, -0.2) is 0 Å². The molecule has 0 fully saturated rings. The second-order valence-corrected chi connectivity index (χ2v) is 5.89. The minimum absolute atomic E-state index is 0.447. The van der Waals surface area contributed by atoms with Crippen LogP contribution in [0.1, 0.15) is 18.1 Å². The fraction of sp³-hybridized carbons (Fsp3) is 0.167. The second kappa shape index (κ2) is 8.69. The van der Waals surface area contributed by atoms with E-state index in [-0.39, 0.29) is 0 Å². The van der Waals surface area contributed by atoms with Gasteiger partial charge in [-0.2, -0.15) is 0 Å². The lowest BCUT2D eigenvalue weighted by Gasteiger charge is -2.06. The topological polar surface area (TPSA) is 163 Å². The summed E-state index contributed by atoms with van der Waals surface area (Å²) in [5.74, 6) is -1.21. The van der Waals surface area contributed by atoms with E-state index in [2.05, 4.69) is 37.0 Å². The Bertz CT molecular complexity index is 1080. The average Bonchev–Trinajstić information content (AvgIpc) is 2.68. The summed E-state index contributed by atoms with van der Waals surface area (Å²) in [6.45, 7) is 4.31. The molecule has 0 aliphatic carbocycles. The molecule has 2 aromatic carbocycles. The average molecular weight is 400 g/mol.